The average Bonchev–Trinajstić information content (AvgIpc) is 3.31. The zero-order valence-electron chi connectivity index (χ0n) is 17.5. The lowest BCUT2D eigenvalue weighted by atomic mass is 9.78. The summed E-state index contributed by atoms with van der Waals surface area (Å²) in [5.41, 5.74) is 0.553. The number of hydrogen-bond donors (Lipinski definition) is 1. The van der Waals surface area contributed by atoms with E-state index in [1.165, 1.54) is 0 Å². The van der Waals surface area contributed by atoms with Gasteiger partial charge >= 0.3 is 0 Å². The molecular weight excluding hydrogens is 390 g/mol. The van der Waals surface area contributed by atoms with Crippen molar-refractivity contribution >= 4 is 5.91 Å². The second-order valence-electron chi connectivity index (χ2n) is 9.48. The van der Waals surface area contributed by atoms with Crippen LogP contribution in [0.5, 0.6) is 5.75 Å². The number of benzene rings is 1. The van der Waals surface area contributed by atoms with Crippen molar-refractivity contribution in [1.82, 2.24) is 9.47 Å². The van der Waals surface area contributed by atoms with Crippen LogP contribution in [0.1, 0.15) is 44.0 Å². The maximum absolute atomic E-state index is 13.9. The van der Waals surface area contributed by atoms with Crippen molar-refractivity contribution in [2.24, 2.45) is 11.8 Å². The van der Waals surface area contributed by atoms with E-state index in [2.05, 4.69) is 20.8 Å². The van der Waals surface area contributed by atoms with Gasteiger partial charge in [-0.15, -0.1) is 0 Å². The fraction of sp³-hybridized carbons (Fsp3) is 0.522. The van der Waals surface area contributed by atoms with Crippen LogP contribution in [-0.4, -0.2) is 45.8 Å². The normalized spacial score (nSPS) is 26.5. The van der Waals surface area contributed by atoms with E-state index < -0.39 is 23.8 Å². The molecule has 162 valence electrons. The third-order valence-corrected chi connectivity index (χ3v) is 6.26. The lowest BCUT2D eigenvalue weighted by Gasteiger charge is -2.35. The van der Waals surface area contributed by atoms with Crippen LogP contribution >= 0.6 is 0 Å². The van der Waals surface area contributed by atoms with Crippen molar-refractivity contribution in [3.8, 4) is 5.75 Å². The summed E-state index contributed by atoms with van der Waals surface area (Å²) in [6.45, 7) is 7.39. The van der Waals surface area contributed by atoms with Crippen molar-refractivity contribution in [3.05, 3.63) is 53.9 Å². The molecule has 1 aliphatic heterocycles. The molecule has 4 atom stereocenters. The second-order valence-corrected chi connectivity index (χ2v) is 9.48. The minimum absolute atomic E-state index is 0.0180. The van der Waals surface area contributed by atoms with Crippen LogP contribution in [0.2, 0.25) is 0 Å². The van der Waals surface area contributed by atoms with E-state index in [-0.39, 0.29) is 29.0 Å². The first-order chi connectivity index (χ1) is 14.1. The van der Waals surface area contributed by atoms with Gasteiger partial charge in [0.15, 0.2) is 11.6 Å². The van der Waals surface area contributed by atoms with Crippen LogP contribution in [-0.2, 0) is 5.54 Å². The number of aromatic nitrogens is 1. The van der Waals surface area contributed by atoms with Crippen LogP contribution in [0.25, 0.3) is 0 Å². The Morgan fingerprint density at radius 2 is 1.83 bits per heavy atom. The molecule has 1 aliphatic carbocycles. The monoisotopic (exact) mass is 418 g/mol. The average molecular weight is 418 g/mol. The van der Waals surface area contributed by atoms with Crippen molar-refractivity contribution in [2.75, 3.05) is 13.1 Å². The largest absolute Gasteiger partial charge is 0.485 e. The van der Waals surface area contributed by atoms with Gasteiger partial charge in [-0.25, -0.2) is 8.78 Å². The number of halogens is 2. The van der Waals surface area contributed by atoms with Crippen LogP contribution < -0.4 is 4.74 Å². The zero-order valence-corrected chi connectivity index (χ0v) is 17.5. The molecule has 0 spiro atoms. The number of likely N-dealkylation sites (tertiary alicyclic amines) is 1. The number of ether oxygens (including phenoxy) is 1. The first-order valence-electron chi connectivity index (χ1n) is 10.4. The van der Waals surface area contributed by atoms with Gasteiger partial charge in [-0.2, -0.15) is 0 Å². The number of rotatable bonds is 3. The summed E-state index contributed by atoms with van der Waals surface area (Å²) in [6.07, 6.45) is 3.34. The van der Waals surface area contributed by atoms with E-state index in [4.69, 9.17) is 4.74 Å². The van der Waals surface area contributed by atoms with Crippen LogP contribution in [0.15, 0.2) is 36.7 Å². The van der Waals surface area contributed by atoms with E-state index in [0.29, 0.717) is 31.5 Å². The molecule has 1 saturated heterocycles. The van der Waals surface area contributed by atoms with Crippen LogP contribution in [0.4, 0.5) is 8.78 Å². The summed E-state index contributed by atoms with van der Waals surface area (Å²) < 4.78 is 35.0. The maximum atomic E-state index is 13.9. The minimum Gasteiger partial charge on any atom is -0.485 e. The van der Waals surface area contributed by atoms with E-state index in [0.717, 1.165) is 18.2 Å². The first-order valence-corrected chi connectivity index (χ1v) is 10.4. The number of nitrogens with zero attached hydrogens (tertiary/aromatic N) is 2. The highest BCUT2D eigenvalue weighted by Gasteiger charge is 2.44. The fourth-order valence-corrected chi connectivity index (χ4v) is 4.54. The van der Waals surface area contributed by atoms with Crippen molar-refractivity contribution < 1.29 is 23.4 Å². The van der Waals surface area contributed by atoms with Gasteiger partial charge < -0.3 is 19.3 Å². The van der Waals surface area contributed by atoms with E-state index in [1.807, 2.05) is 27.9 Å². The number of hydrogen-bond acceptors (Lipinski definition) is 3. The Balaban J connectivity index is 1.43. The molecule has 1 N–H and O–H groups in total. The maximum Gasteiger partial charge on any atom is 0.255 e. The quantitative estimate of drug-likeness (QED) is 0.825. The Kier molecular flexibility index (Phi) is 5.34. The molecule has 2 fully saturated rings. The number of aliphatic hydroxyl groups excluding tert-OH is 1. The van der Waals surface area contributed by atoms with Crippen molar-refractivity contribution in [2.45, 2.75) is 51.4 Å². The van der Waals surface area contributed by atoms with E-state index >= 15 is 0 Å². The molecule has 1 amide bonds. The first kappa shape index (κ1) is 20.8. The van der Waals surface area contributed by atoms with Crippen LogP contribution in [0.3, 0.4) is 0 Å². The number of fused-ring (bicyclic) bond motifs is 1. The van der Waals surface area contributed by atoms with Crippen molar-refractivity contribution in [1.29, 1.82) is 0 Å². The van der Waals surface area contributed by atoms with Gasteiger partial charge in [0.25, 0.3) is 5.91 Å². The molecule has 1 saturated carbocycles. The lowest BCUT2D eigenvalue weighted by Crippen LogP contribution is -2.42. The molecule has 0 bridgehead atoms. The molecule has 2 aromatic rings. The molecule has 7 heteroatoms. The predicted octanol–water partition coefficient (Wildman–Crippen LogP) is 3.81. The molecule has 0 unspecified atom stereocenters. The van der Waals surface area contributed by atoms with E-state index in [1.54, 1.807) is 0 Å². The van der Waals surface area contributed by atoms with Crippen LogP contribution in [0, 0.1) is 23.5 Å². The number of aliphatic hydroxyl groups is 1. The lowest BCUT2D eigenvalue weighted by molar-refractivity contribution is -0.0247. The van der Waals surface area contributed by atoms with E-state index in [9.17, 15) is 18.7 Å². The molecule has 2 heterocycles. The Morgan fingerprint density at radius 1 is 1.13 bits per heavy atom. The molecule has 30 heavy (non-hydrogen) atoms. The molecule has 5 nitrogen and oxygen atoms in total. The Morgan fingerprint density at radius 3 is 2.50 bits per heavy atom. The zero-order chi connectivity index (χ0) is 21.6. The van der Waals surface area contributed by atoms with Gasteiger partial charge in [-0.3, -0.25) is 4.79 Å². The fourth-order valence-electron chi connectivity index (χ4n) is 4.54. The van der Waals surface area contributed by atoms with Gasteiger partial charge in [-0.05, 0) is 63.6 Å². The summed E-state index contributed by atoms with van der Waals surface area (Å²) >= 11 is 0. The van der Waals surface area contributed by atoms with Gasteiger partial charge in [0.2, 0.25) is 0 Å². The highest BCUT2D eigenvalue weighted by Crippen LogP contribution is 2.39. The molecule has 2 aliphatic rings. The summed E-state index contributed by atoms with van der Waals surface area (Å²) in [4.78, 5) is 14.8. The molecule has 1 aromatic carbocycles. The summed E-state index contributed by atoms with van der Waals surface area (Å²) in [5, 5.41) is 10.5. The number of carbonyl (C=O) groups is 1. The summed E-state index contributed by atoms with van der Waals surface area (Å²) in [5.74, 6) is -1.12. The van der Waals surface area contributed by atoms with Gasteiger partial charge in [-0.1, -0.05) is 0 Å². The minimum atomic E-state index is -0.786. The summed E-state index contributed by atoms with van der Waals surface area (Å²) in [7, 11) is 0. The smallest absolute Gasteiger partial charge is 0.255 e. The third-order valence-electron chi connectivity index (χ3n) is 6.26. The standard InChI is InChI=1S/C23H28F2N2O3/c1-23(2,3)27-7-6-14(13-27)22(29)26-11-15-8-19(28)21(9-16(15)12-26)30-20-10-17(24)4-5-18(20)25/h4-7,10,13,15-16,19,21,28H,8-9,11-12H2,1-3H3/t15-,16+,19+,21+/m0/s1. The molecule has 0 radical (unpaired) electrons. The highest BCUT2D eigenvalue weighted by atomic mass is 19.1. The number of carbonyl (C=O) groups excluding carboxylic acids is 1. The Labute approximate surface area is 175 Å². The van der Waals surface area contributed by atoms with Gasteiger partial charge in [0.05, 0.1) is 11.7 Å². The van der Waals surface area contributed by atoms with Gasteiger partial charge in [0, 0.05) is 37.1 Å². The van der Waals surface area contributed by atoms with Crippen molar-refractivity contribution in [3.63, 3.8) is 0 Å². The molecule has 1 aromatic heterocycles. The predicted molar refractivity (Wildman–Crippen MR) is 108 cm³/mol. The Bertz CT molecular complexity index is 937. The number of amides is 1. The summed E-state index contributed by atoms with van der Waals surface area (Å²) in [6, 6.07) is 4.88. The molecular formula is C23H28F2N2O3. The second kappa shape index (κ2) is 7.69. The third kappa shape index (κ3) is 4.08. The SMILES string of the molecule is CC(C)(C)n1ccc(C(=O)N2C[C@H]3C[C@@H](Oc4cc(F)ccc4F)[C@H](O)C[C@H]3C2)c1. The highest BCUT2D eigenvalue weighted by molar-refractivity contribution is 5.94. The van der Waals surface area contributed by atoms with Gasteiger partial charge in [0.1, 0.15) is 11.9 Å². The molecule has 4 rings (SSSR count). The Hall–Kier alpha value is -2.41. The topological polar surface area (TPSA) is 54.7 Å².